The van der Waals surface area contributed by atoms with E-state index in [0.29, 0.717) is 22.8 Å². The molecular formula is C11H12FN3O2. The van der Waals surface area contributed by atoms with E-state index in [-0.39, 0.29) is 12.4 Å². The third-order valence-electron chi connectivity index (χ3n) is 2.34. The van der Waals surface area contributed by atoms with Crippen molar-refractivity contribution in [2.75, 3.05) is 7.11 Å². The van der Waals surface area contributed by atoms with Gasteiger partial charge in [0, 0.05) is 0 Å². The van der Waals surface area contributed by atoms with Gasteiger partial charge in [-0.2, -0.15) is 4.98 Å². The van der Waals surface area contributed by atoms with Crippen molar-refractivity contribution >= 4 is 0 Å². The summed E-state index contributed by atoms with van der Waals surface area (Å²) in [5.74, 6) is 1.09. The number of halogens is 1. The minimum atomic E-state index is -0.626. The van der Waals surface area contributed by atoms with E-state index in [2.05, 4.69) is 10.1 Å². The van der Waals surface area contributed by atoms with Crippen molar-refractivity contribution < 1.29 is 13.7 Å². The Morgan fingerprint density at radius 2 is 2.29 bits per heavy atom. The van der Waals surface area contributed by atoms with Crippen LogP contribution in [0.25, 0.3) is 11.4 Å². The molecule has 1 aromatic heterocycles. The van der Waals surface area contributed by atoms with Gasteiger partial charge in [-0.05, 0) is 11.6 Å². The van der Waals surface area contributed by atoms with Gasteiger partial charge < -0.3 is 15.0 Å². The molecule has 0 spiro atoms. The molecule has 17 heavy (non-hydrogen) atoms. The quantitative estimate of drug-likeness (QED) is 0.875. The van der Waals surface area contributed by atoms with Crippen molar-refractivity contribution in [2.24, 2.45) is 5.73 Å². The van der Waals surface area contributed by atoms with E-state index in [1.165, 1.54) is 7.11 Å². The Morgan fingerprint density at radius 1 is 1.47 bits per heavy atom. The summed E-state index contributed by atoms with van der Waals surface area (Å²) in [5.41, 5.74) is 6.33. The van der Waals surface area contributed by atoms with Crippen LogP contribution in [0.4, 0.5) is 4.39 Å². The molecule has 0 fully saturated rings. The second kappa shape index (κ2) is 4.92. The first-order valence-electron chi connectivity index (χ1n) is 5.05. The largest absolute Gasteiger partial charge is 0.496 e. The molecule has 0 unspecified atom stereocenters. The van der Waals surface area contributed by atoms with Gasteiger partial charge in [0.25, 0.3) is 0 Å². The topological polar surface area (TPSA) is 74.2 Å². The predicted octanol–water partition coefficient (Wildman–Crippen LogP) is 1.67. The highest BCUT2D eigenvalue weighted by Gasteiger charge is 2.16. The van der Waals surface area contributed by atoms with Crippen LogP contribution >= 0.6 is 0 Å². The molecule has 0 saturated carbocycles. The predicted molar refractivity (Wildman–Crippen MR) is 59.0 cm³/mol. The zero-order valence-corrected chi connectivity index (χ0v) is 9.31. The monoisotopic (exact) mass is 237 g/mol. The number of aromatic nitrogens is 2. The summed E-state index contributed by atoms with van der Waals surface area (Å²) in [6.07, 6.45) is 0. The van der Waals surface area contributed by atoms with Gasteiger partial charge in [-0.15, -0.1) is 0 Å². The zero-order chi connectivity index (χ0) is 12.3. The number of nitrogens with two attached hydrogens (primary N) is 1. The first-order valence-corrected chi connectivity index (χ1v) is 5.05. The fourth-order valence-electron chi connectivity index (χ4n) is 1.55. The number of hydrogen-bond acceptors (Lipinski definition) is 5. The molecule has 0 aliphatic heterocycles. The van der Waals surface area contributed by atoms with Gasteiger partial charge >= 0.3 is 0 Å². The van der Waals surface area contributed by atoms with Crippen molar-refractivity contribution in [1.82, 2.24) is 10.1 Å². The number of nitrogens with zero attached hydrogens (tertiary/aromatic N) is 2. The maximum absolute atomic E-state index is 12.9. The Morgan fingerprint density at radius 3 is 2.88 bits per heavy atom. The van der Waals surface area contributed by atoms with Crippen LogP contribution < -0.4 is 10.5 Å². The molecule has 0 atom stereocenters. The highest BCUT2D eigenvalue weighted by molar-refractivity contribution is 5.68. The summed E-state index contributed by atoms with van der Waals surface area (Å²) in [4.78, 5) is 4.07. The molecule has 2 N–H and O–H groups in total. The molecule has 1 heterocycles. The summed E-state index contributed by atoms with van der Waals surface area (Å²) >= 11 is 0. The normalized spacial score (nSPS) is 10.5. The van der Waals surface area contributed by atoms with Gasteiger partial charge in [-0.25, -0.2) is 4.39 Å². The third kappa shape index (κ3) is 2.12. The molecular weight excluding hydrogens is 225 g/mol. The van der Waals surface area contributed by atoms with Gasteiger partial charge in [-0.3, -0.25) is 0 Å². The van der Waals surface area contributed by atoms with Crippen molar-refractivity contribution in [3.05, 3.63) is 29.7 Å². The van der Waals surface area contributed by atoms with Crippen LogP contribution in [-0.2, 0) is 13.2 Å². The highest BCUT2D eigenvalue weighted by Crippen LogP contribution is 2.31. The molecule has 90 valence electrons. The second-order valence-corrected chi connectivity index (χ2v) is 3.34. The van der Waals surface area contributed by atoms with Crippen LogP contribution in [0.15, 0.2) is 22.7 Å². The van der Waals surface area contributed by atoms with Crippen LogP contribution in [0.3, 0.4) is 0 Å². The number of rotatable bonds is 4. The van der Waals surface area contributed by atoms with Crippen LogP contribution in [0, 0.1) is 0 Å². The Kier molecular flexibility index (Phi) is 3.34. The van der Waals surface area contributed by atoms with E-state index < -0.39 is 6.67 Å². The molecule has 0 radical (unpaired) electrons. The van der Waals surface area contributed by atoms with Crippen LogP contribution in [0.5, 0.6) is 5.75 Å². The maximum Gasteiger partial charge on any atom is 0.240 e. The number of alkyl halides is 1. The Balaban J connectivity index is 2.55. The number of hydrogen-bond donors (Lipinski definition) is 1. The lowest BCUT2D eigenvalue weighted by molar-refractivity contribution is 0.379. The first kappa shape index (κ1) is 11.5. The van der Waals surface area contributed by atoms with E-state index in [1.54, 1.807) is 18.2 Å². The van der Waals surface area contributed by atoms with Crippen LogP contribution in [0.2, 0.25) is 0 Å². The second-order valence-electron chi connectivity index (χ2n) is 3.34. The molecule has 0 aliphatic carbocycles. The van der Waals surface area contributed by atoms with E-state index in [0.717, 1.165) is 0 Å². The van der Waals surface area contributed by atoms with Crippen LogP contribution in [-0.4, -0.2) is 17.3 Å². The summed E-state index contributed by atoms with van der Waals surface area (Å²) in [7, 11) is 1.50. The molecule has 0 saturated heterocycles. The molecule has 2 rings (SSSR count). The molecule has 0 aliphatic rings. The number of methoxy groups -OCH3 is 1. The maximum atomic E-state index is 12.9. The zero-order valence-electron chi connectivity index (χ0n) is 9.31. The van der Waals surface area contributed by atoms with E-state index in [9.17, 15) is 4.39 Å². The van der Waals surface area contributed by atoms with Gasteiger partial charge in [0.15, 0.2) is 0 Å². The van der Waals surface area contributed by atoms with Crippen molar-refractivity contribution in [3.8, 4) is 17.1 Å². The smallest absolute Gasteiger partial charge is 0.240 e. The average molecular weight is 237 g/mol. The SMILES string of the molecule is COc1cccc(CF)c1-c1noc(CN)n1. The average Bonchev–Trinajstić information content (AvgIpc) is 2.86. The number of ether oxygens (including phenoxy) is 1. The third-order valence-corrected chi connectivity index (χ3v) is 2.34. The van der Waals surface area contributed by atoms with E-state index in [4.69, 9.17) is 15.0 Å². The Bertz CT molecular complexity index is 491. The molecule has 0 amide bonds. The van der Waals surface area contributed by atoms with Gasteiger partial charge in [-0.1, -0.05) is 17.3 Å². The fraction of sp³-hybridized carbons (Fsp3) is 0.273. The van der Waals surface area contributed by atoms with Gasteiger partial charge in [0.2, 0.25) is 11.7 Å². The molecule has 2 aromatic rings. The Labute approximate surface area is 97.4 Å². The molecule has 6 heteroatoms. The minimum absolute atomic E-state index is 0.146. The van der Waals surface area contributed by atoms with E-state index in [1.807, 2.05) is 0 Å². The lowest BCUT2D eigenvalue weighted by Gasteiger charge is -2.08. The van der Waals surface area contributed by atoms with Crippen molar-refractivity contribution in [1.29, 1.82) is 0 Å². The summed E-state index contributed by atoms with van der Waals surface area (Å²) in [6.45, 7) is -0.480. The summed E-state index contributed by atoms with van der Waals surface area (Å²) < 4.78 is 23.0. The Hall–Kier alpha value is -1.95. The van der Waals surface area contributed by atoms with E-state index >= 15 is 0 Å². The van der Waals surface area contributed by atoms with Crippen molar-refractivity contribution in [2.45, 2.75) is 13.2 Å². The lowest BCUT2D eigenvalue weighted by atomic mass is 10.1. The molecule has 1 aromatic carbocycles. The standard InChI is InChI=1S/C11H12FN3O2/c1-16-8-4-2-3-7(5-12)10(8)11-14-9(6-13)17-15-11/h2-4H,5-6,13H2,1H3. The summed E-state index contributed by atoms with van der Waals surface area (Å²) in [6, 6.07) is 5.07. The highest BCUT2D eigenvalue weighted by atomic mass is 19.1. The number of benzene rings is 1. The van der Waals surface area contributed by atoms with Gasteiger partial charge in [0.05, 0.1) is 19.2 Å². The van der Waals surface area contributed by atoms with Crippen molar-refractivity contribution in [3.63, 3.8) is 0 Å². The van der Waals surface area contributed by atoms with Gasteiger partial charge in [0.1, 0.15) is 12.4 Å². The fourth-order valence-corrected chi connectivity index (χ4v) is 1.55. The first-order chi connectivity index (χ1) is 8.30. The van der Waals surface area contributed by atoms with Crippen LogP contribution in [0.1, 0.15) is 11.5 Å². The summed E-state index contributed by atoms with van der Waals surface area (Å²) in [5, 5.41) is 3.76. The lowest BCUT2D eigenvalue weighted by Crippen LogP contribution is -1.97. The molecule has 0 bridgehead atoms. The molecule has 5 nitrogen and oxygen atoms in total. The minimum Gasteiger partial charge on any atom is -0.496 e.